The van der Waals surface area contributed by atoms with Crippen molar-refractivity contribution in [3.8, 4) is 0 Å². The summed E-state index contributed by atoms with van der Waals surface area (Å²) >= 11 is 6.14. The first-order chi connectivity index (χ1) is 14.8. The van der Waals surface area contributed by atoms with Gasteiger partial charge in [0.1, 0.15) is 0 Å². The summed E-state index contributed by atoms with van der Waals surface area (Å²) in [6, 6.07) is 5.04. The largest absolute Gasteiger partial charge is 0.355 e. The molecule has 7 heteroatoms. The highest BCUT2D eigenvalue weighted by molar-refractivity contribution is 7.89. The predicted molar refractivity (Wildman–Crippen MR) is 121 cm³/mol. The van der Waals surface area contributed by atoms with Gasteiger partial charge in [0.25, 0.3) is 0 Å². The molecule has 1 aliphatic heterocycles. The topological polar surface area (TPSA) is 66.5 Å². The number of hydrogen-bond acceptors (Lipinski definition) is 3. The molecule has 1 N–H and O–H groups in total. The van der Waals surface area contributed by atoms with Crippen LogP contribution in [0.15, 0.2) is 23.1 Å². The van der Waals surface area contributed by atoms with Gasteiger partial charge in [0, 0.05) is 30.1 Å². The van der Waals surface area contributed by atoms with Crippen molar-refractivity contribution in [2.24, 2.45) is 29.1 Å². The molecule has 4 saturated carbocycles. The first-order valence-corrected chi connectivity index (χ1v) is 13.6. The summed E-state index contributed by atoms with van der Waals surface area (Å²) in [5, 5.41) is 3.76. The third-order valence-corrected chi connectivity index (χ3v) is 10.9. The van der Waals surface area contributed by atoms with E-state index in [0.717, 1.165) is 49.9 Å². The highest BCUT2D eigenvalue weighted by Crippen LogP contribution is 2.60. The molecule has 5 nitrogen and oxygen atoms in total. The van der Waals surface area contributed by atoms with Crippen molar-refractivity contribution in [1.82, 2.24) is 9.62 Å². The van der Waals surface area contributed by atoms with E-state index >= 15 is 0 Å². The Labute approximate surface area is 191 Å². The lowest BCUT2D eigenvalue weighted by Gasteiger charge is -2.55. The smallest absolute Gasteiger partial charge is 0.243 e. The van der Waals surface area contributed by atoms with Crippen LogP contribution in [0.4, 0.5) is 0 Å². The molecule has 1 saturated heterocycles. The van der Waals surface area contributed by atoms with Gasteiger partial charge in [0.05, 0.1) is 4.90 Å². The lowest BCUT2D eigenvalue weighted by atomic mass is 9.49. The second kappa shape index (κ2) is 8.03. The summed E-state index contributed by atoms with van der Waals surface area (Å²) in [5.74, 6) is 2.90. The number of piperidine rings is 1. The first-order valence-electron chi connectivity index (χ1n) is 11.8. The van der Waals surface area contributed by atoms with Crippen LogP contribution in [0, 0.1) is 36.0 Å². The summed E-state index contributed by atoms with van der Waals surface area (Å²) < 4.78 is 27.8. The molecule has 4 bridgehead atoms. The number of amides is 1. The van der Waals surface area contributed by atoms with Gasteiger partial charge in [0.15, 0.2) is 0 Å². The van der Waals surface area contributed by atoms with Crippen LogP contribution in [0.25, 0.3) is 0 Å². The molecule has 0 radical (unpaired) electrons. The van der Waals surface area contributed by atoms with E-state index in [0.29, 0.717) is 41.0 Å². The van der Waals surface area contributed by atoms with Crippen molar-refractivity contribution in [2.75, 3.05) is 19.6 Å². The van der Waals surface area contributed by atoms with E-state index in [1.54, 1.807) is 29.4 Å². The maximum atomic E-state index is 13.2. The van der Waals surface area contributed by atoms with Gasteiger partial charge in [-0.25, -0.2) is 8.42 Å². The summed E-state index contributed by atoms with van der Waals surface area (Å²) in [6.45, 7) is 3.41. The molecule has 1 amide bonds. The Morgan fingerprint density at radius 2 is 1.68 bits per heavy atom. The zero-order valence-electron chi connectivity index (χ0n) is 18.3. The van der Waals surface area contributed by atoms with Crippen LogP contribution in [-0.4, -0.2) is 38.3 Å². The number of hydrogen-bond donors (Lipinski definition) is 1. The van der Waals surface area contributed by atoms with Crippen molar-refractivity contribution in [1.29, 1.82) is 0 Å². The molecule has 1 aromatic carbocycles. The minimum absolute atomic E-state index is 0.108. The summed E-state index contributed by atoms with van der Waals surface area (Å²) in [6.07, 6.45) is 8.82. The first kappa shape index (κ1) is 21.7. The Bertz CT molecular complexity index is 934. The lowest BCUT2D eigenvalue weighted by molar-refractivity contribution is -0.146. The normalized spacial score (nSPS) is 33.5. The lowest BCUT2D eigenvalue weighted by Crippen LogP contribution is -2.54. The Kier molecular flexibility index (Phi) is 5.63. The maximum Gasteiger partial charge on any atom is 0.243 e. The third kappa shape index (κ3) is 3.93. The van der Waals surface area contributed by atoms with Gasteiger partial charge in [-0.1, -0.05) is 17.7 Å². The van der Waals surface area contributed by atoms with E-state index in [4.69, 9.17) is 11.6 Å². The van der Waals surface area contributed by atoms with Crippen molar-refractivity contribution in [2.45, 2.75) is 63.2 Å². The van der Waals surface area contributed by atoms with Crippen LogP contribution in [0.2, 0.25) is 5.02 Å². The Morgan fingerprint density at radius 1 is 1.10 bits per heavy atom. The molecule has 0 atom stereocenters. The van der Waals surface area contributed by atoms with E-state index in [1.807, 2.05) is 0 Å². The Hall–Kier alpha value is -1.11. The SMILES string of the molecule is Cc1c(Cl)cccc1S(=O)(=O)N1CCC(CNC(=O)C23CC4CC(CC(C4)C2)C3)CC1. The second-order valence-electron chi connectivity index (χ2n) is 10.6. The zero-order chi connectivity index (χ0) is 21.8. The van der Waals surface area contributed by atoms with E-state index in [1.165, 1.54) is 19.3 Å². The van der Waals surface area contributed by atoms with Gasteiger partial charge >= 0.3 is 0 Å². The van der Waals surface area contributed by atoms with Crippen LogP contribution in [-0.2, 0) is 14.8 Å². The molecule has 0 unspecified atom stereocenters. The minimum Gasteiger partial charge on any atom is -0.355 e. The third-order valence-electron chi connectivity index (χ3n) is 8.48. The Balaban J connectivity index is 1.16. The van der Waals surface area contributed by atoms with Gasteiger partial charge in [-0.3, -0.25) is 4.79 Å². The number of nitrogens with zero attached hydrogens (tertiary/aromatic N) is 1. The highest BCUT2D eigenvalue weighted by Gasteiger charge is 2.54. The van der Waals surface area contributed by atoms with E-state index in [-0.39, 0.29) is 11.3 Å². The molecule has 5 fully saturated rings. The fourth-order valence-electron chi connectivity index (χ4n) is 7.17. The quantitative estimate of drug-likeness (QED) is 0.703. The van der Waals surface area contributed by atoms with Crippen molar-refractivity contribution in [3.63, 3.8) is 0 Å². The van der Waals surface area contributed by atoms with Crippen LogP contribution in [0.1, 0.15) is 56.9 Å². The number of benzene rings is 1. The second-order valence-corrected chi connectivity index (χ2v) is 12.9. The van der Waals surface area contributed by atoms with Crippen LogP contribution in [0.3, 0.4) is 0 Å². The zero-order valence-corrected chi connectivity index (χ0v) is 19.9. The van der Waals surface area contributed by atoms with Crippen LogP contribution in [0.5, 0.6) is 0 Å². The van der Waals surface area contributed by atoms with E-state index < -0.39 is 10.0 Å². The van der Waals surface area contributed by atoms with E-state index in [2.05, 4.69) is 5.32 Å². The molecule has 1 heterocycles. The van der Waals surface area contributed by atoms with Crippen molar-refractivity contribution >= 4 is 27.5 Å². The molecule has 0 aromatic heterocycles. The highest BCUT2D eigenvalue weighted by atomic mass is 35.5. The van der Waals surface area contributed by atoms with Gasteiger partial charge in [-0.15, -0.1) is 0 Å². The van der Waals surface area contributed by atoms with Gasteiger partial charge in [-0.05, 0) is 99.7 Å². The van der Waals surface area contributed by atoms with Crippen molar-refractivity contribution < 1.29 is 13.2 Å². The monoisotopic (exact) mass is 464 g/mol. The predicted octanol–water partition coefficient (Wildman–Crippen LogP) is 4.38. The molecule has 0 spiro atoms. The summed E-state index contributed by atoms with van der Waals surface area (Å²) in [5.41, 5.74) is 0.497. The van der Waals surface area contributed by atoms with Crippen molar-refractivity contribution in [3.05, 3.63) is 28.8 Å². The molecule has 6 rings (SSSR count). The minimum atomic E-state index is -3.54. The maximum absolute atomic E-state index is 13.2. The molecule has 5 aliphatic rings. The summed E-state index contributed by atoms with van der Waals surface area (Å²) in [7, 11) is -3.54. The number of sulfonamides is 1. The number of carbonyl (C=O) groups is 1. The number of nitrogens with one attached hydrogen (secondary N) is 1. The van der Waals surface area contributed by atoms with Crippen LogP contribution >= 0.6 is 11.6 Å². The molecule has 1 aromatic rings. The standard InChI is InChI=1S/C24H33ClN2O3S/c1-16-21(25)3-2-4-22(16)31(29,30)27-7-5-17(6-8-27)15-26-23(28)24-12-18-9-19(13-24)11-20(10-18)14-24/h2-4,17-20H,5-15H2,1H3,(H,26,28). The van der Waals surface area contributed by atoms with E-state index in [9.17, 15) is 13.2 Å². The fraction of sp³-hybridized carbons (Fsp3) is 0.708. The molecular weight excluding hydrogens is 432 g/mol. The fourth-order valence-corrected chi connectivity index (χ4v) is 9.12. The number of carbonyl (C=O) groups excluding carboxylic acids is 1. The summed E-state index contributed by atoms with van der Waals surface area (Å²) in [4.78, 5) is 13.5. The van der Waals surface area contributed by atoms with Crippen LogP contribution < -0.4 is 5.32 Å². The number of halogens is 1. The molecule has 31 heavy (non-hydrogen) atoms. The Morgan fingerprint density at radius 3 is 2.26 bits per heavy atom. The molecular formula is C24H33ClN2O3S. The molecule has 170 valence electrons. The average molecular weight is 465 g/mol. The van der Waals surface area contributed by atoms with Gasteiger partial charge < -0.3 is 5.32 Å². The average Bonchev–Trinajstić information content (AvgIpc) is 2.73. The van der Waals surface area contributed by atoms with Gasteiger partial charge in [-0.2, -0.15) is 4.31 Å². The van der Waals surface area contributed by atoms with Gasteiger partial charge in [0.2, 0.25) is 15.9 Å². The molecule has 4 aliphatic carbocycles. The number of rotatable bonds is 5.